The van der Waals surface area contributed by atoms with Crippen molar-refractivity contribution in [2.24, 2.45) is 0 Å². The summed E-state index contributed by atoms with van der Waals surface area (Å²) in [5, 5.41) is 9.11. The van der Waals surface area contributed by atoms with E-state index in [4.69, 9.17) is 9.84 Å². The van der Waals surface area contributed by atoms with Crippen molar-refractivity contribution in [1.29, 1.82) is 0 Å². The first kappa shape index (κ1) is 19.6. The first-order valence-electron chi connectivity index (χ1n) is 8.30. The van der Waals surface area contributed by atoms with Crippen LogP contribution >= 0.6 is 0 Å². The number of carbonyl (C=O) groups excluding carboxylic acids is 1. The Hall–Kier alpha value is -1.76. The van der Waals surface area contributed by atoms with Gasteiger partial charge >= 0.3 is 12.3 Å². The molecule has 25 heavy (non-hydrogen) atoms. The molecule has 1 fully saturated rings. The number of likely N-dealkylation sites (tertiary alicyclic amines) is 1. The normalized spacial score (nSPS) is 16.8. The minimum atomic E-state index is -4.49. The van der Waals surface area contributed by atoms with E-state index in [0.717, 1.165) is 6.07 Å². The van der Waals surface area contributed by atoms with Crippen LogP contribution in [-0.4, -0.2) is 34.8 Å². The molecule has 1 amide bonds. The minimum Gasteiger partial charge on any atom is -0.444 e. The van der Waals surface area contributed by atoms with Crippen LogP contribution < -0.4 is 0 Å². The number of alkyl halides is 3. The number of hydrogen-bond donors (Lipinski definition) is 1. The second-order valence-electron chi connectivity index (χ2n) is 7.31. The van der Waals surface area contributed by atoms with E-state index in [-0.39, 0.29) is 11.5 Å². The third-order valence-corrected chi connectivity index (χ3v) is 4.23. The first-order valence-corrected chi connectivity index (χ1v) is 8.30. The molecule has 4 nitrogen and oxygen atoms in total. The van der Waals surface area contributed by atoms with Crippen molar-refractivity contribution in [2.75, 3.05) is 13.1 Å². The van der Waals surface area contributed by atoms with E-state index < -0.39 is 30.0 Å². The maximum atomic E-state index is 13.1. The van der Waals surface area contributed by atoms with Crippen LogP contribution in [0.1, 0.15) is 56.2 Å². The highest BCUT2D eigenvalue weighted by Gasteiger charge is 2.34. The molecule has 1 aromatic rings. The van der Waals surface area contributed by atoms with Gasteiger partial charge < -0.3 is 14.7 Å². The van der Waals surface area contributed by atoms with Gasteiger partial charge in [-0.2, -0.15) is 13.2 Å². The number of nitrogens with zero attached hydrogens (tertiary/aromatic N) is 1. The summed E-state index contributed by atoms with van der Waals surface area (Å²) in [4.78, 5) is 13.6. The van der Waals surface area contributed by atoms with Crippen molar-refractivity contribution in [2.45, 2.75) is 57.9 Å². The van der Waals surface area contributed by atoms with E-state index in [1.165, 1.54) is 6.07 Å². The van der Waals surface area contributed by atoms with E-state index in [1.807, 2.05) is 0 Å². The molecule has 1 saturated heterocycles. The number of halogens is 3. The molecule has 0 radical (unpaired) electrons. The Morgan fingerprint density at radius 1 is 1.24 bits per heavy atom. The molecule has 140 valence electrons. The second kappa shape index (κ2) is 7.23. The number of aliphatic hydroxyl groups is 1. The summed E-state index contributed by atoms with van der Waals surface area (Å²) in [6.07, 6.45) is -3.73. The van der Waals surface area contributed by atoms with Crippen molar-refractivity contribution in [3.05, 3.63) is 34.9 Å². The molecule has 1 N–H and O–H groups in total. The van der Waals surface area contributed by atoms with E-state index in [0.29, 0.717) is 31.5 Å². The molecule has 7 heteroatoms. The summed E-state index contributed by atoms with van der Waals surface area (Å²) in [5.41, 5.74) is -0.895. The SMILES string of the molecule is CC(C)(C)OC(=O)N1CCC(c2ccc(CO)c(C(F)(F)F)c2)CC1. The fraction of sp³-hybridized carbons (Fsp3) is 0.611. The maximum absolute atomic E-state index is 13.1. The fourth-order valence-electron chi connectivity index (χ4n) is 2.97. The molecule has 0 aliphatic carbocycles. The highest BCUT2D eigenvalue weighted by Crippen LogP contribution is 2.36. The number of carbonyl (C=O) groups is 1. The summed E-state index contributed by atoms with van der Waals surface area (Å²) >= 11 is 0. The molecular formula is C18H24F3NO3. The van der Waals surface area contributed by atoms with Gasteiger partial charge in [-0.3, -0.25) is 0 Å². The standard InChI is InChI=1S/C18H24F3NO3/c1-17(2,3)25-16(24)22-8-6-12(7-9-22)13-4-5-14(11-23)15(10-13)18(19,20)21/h4-5,10,12,23H,6-9,11H2,1-3H3. The Labute approximate surface area is 145 Å². The third kappa shape index (κ3) is 5.11. The highest BCUT2D eigenvalue weighted by atomic mass is 19.4. The van der Waals surface area contributed by atoms with Crippen LogP contribution in [-0.2, 0) is 17.5 Å². The van der Waals surface area contributed by atoms with Gasteiger partial charge in [0.1, 0.15) is 5.60 Å². The minimum absolute atomic E-state index is 0.0486. The summed E-state index contributed by atoms with van der Waals surface area (Å²) in [5.74, 6) is -0.0486. The predicted molar refractivity (Wildman–Crippen MR) is 87.1 cm³/mol. The zero-order valence-corrected chi connectivity index (χ0v) is 14.7. The second-order valence-corrected chi connectivity index (χ2v) is 7.31. The lowest BCUT2D eigenvalue weighted by Gasteiger charge is -2.33. The van der Waals surface area contributed by atoms with Gasteiger partial charge in [-0.05, 0) is 56.7 Å². The zero-order valence-electron chi connectivity index (χ0n) is 14.7. The van der Waals surface area contributed by atoms with E-state index >= 15 is 0 Å². The molecule has 0 bridgehead atoms. The Kier molecular flexibility index (Phi) is 5.66. The quantitative estimate of drug-likeness (QED) is 0.856. The number of aliphatic hydroxyl groups excluding tert-OH is 1. The molecular weight excluding hydrogens is 335 g/mol. The van der Waals surface area contributed by atoms with Crippen LogP contribution in [0.2, 0.25) is 0 Å². The monoisotopic (exact) mass is 359 g/mol. The number of ether oxygens (including phenoxy) is 1. The van der Waals surface area contributed by atoms with Gasteiger partial charge in [0.05, 0.1) is 12.2 Å². The Bertz CT molecular complexity index is 615. The number of amides is 1. The lowest BCUT2D eigenvalue weighted by atomic mass is 9.87. The van der Waals surface area contributed by atoms with Crippen LogP contribution in [0.5, 0.6) is 0 Å². The molecule has 2 rings (SSSR count). The fourth-order valence-corrected chi connectivity index (χ4v) is 2.97. The van der Waals surface area contributed by atoms with Crippen molar-refractivity contribution in [3.63, 3.8) is 0 Å². The zero-order chi connectivity index (χ0) is 18.8. The largest absolute Gasteiger partial charge is 0.444 e. The van der Waals surface area contributed by atoms with Crippen molar-refractivity contribution in [3.8, 4) is 0 Å². The van der Waals surface area contributed by atoms with Crippen LogP contribution in [0.3, 0.4) is 0 Å². The Balaban J connectivity index is 2.07. The van der Waals surface area contributed by atoms with Gasteiger partial charge in [0.2, 0.25) is 0 Å². The van der Waals surface area contributed by atoms with Crippen LogP contribution in [0.4, 0.5) is 18.0 Å². The molecule has 1 aliphatic heterocycles. The lowest BCUT2D eigenvalue weighted by Crippen LogP contribution is -2.41. The topological polar surface area (TPSA) is 49.8 Å². The molecule has 1 heterocycles. The van der Waals surface area contributed by atoms with Gasteiger partial charge in [0.15, 0.2) is 0 Å². The van der Waals surface area contributed by atoms with Gasteiger partial charge in [0, 0.05) is 13.1 Å². The number of piperidine rings is 1. The maximum Gasteiger partial charge on any atom is 0.416 e. The Morgan fingerprint density at radius 3 is 2.32 bits per heavy atom. The molecule has 0 saturated carbocycles. The summed E-state index contributed by atoms with van der Waals surface area (Å²) < 4.78 is 44.7. The average molecular weight is 359 g/mol. The molecule has 0 spiro atoms. The average Bonchev–Trinajstić information content (AvgIpc) is 2.52. The summed E-state index contributed by atoms with van der Waals surface area (Å²) in [6, 6.07) is 4.09. The predicted octanol–water partition coefficient (Wildman–Crippen LogP) is 4.31. The van der Waals surface area contributed by atoms with Crippen molar-refractivity contribution < 1.29 is 27.8 Å². The van der Waals surface area contributed by atoms with Gasteiger partial charge in [0.25, 0.3) is 0 Å². The molecule has 1 aliphatic rings. The van der Waals surface area contributed by atoms with Crippen LogP contribution in [0.25, 0.3) is 0 Å². The van der Waals surface area contributed by atoms with E-state index in [2.05, 4.69) is 0 Å². The lowest BCUT2D eigenvalue weighted by molar-refractivity contribution is -0.138. The highest BCUT2D eigenvalue weighted by molar-refractivity contribution is 5.68. The number of benzene rings is 1. The summed E-state index contributed by atoms with van der Waals surface area (Å²) in [7, 11) is 0. The van der Waals surface area contributed by atoms with Crippen LogP contribution in [0.15, 0.2) is 18.2 Å². The van der Waals surface area contributed by atoms with E-state index in [9.17, 15) is 18.0 Å². The molecule has 1 aromatic carbocycles. The van der Waals surface area contributed by atoms with Gasteiger partial charge in [-0.15, -0.1) is 0 Å². The first-order chi connectivity index (χ1) is 11.5. The van der Waals surface area contributed by atoms with Crippen LogP contribution in [0, 0.1) is 0 Å². The molecule has 0 atom stereocenters. The molecule has 0 unspecified atom stereocenters. The third-order valence-electron chi connectivity index (χ3n) is 4.23. The molecule has 0 aromatic heterocycles. The van der Waals surface area contributed by atoms with Crippen molar-refractivity contribution in [1.82, 2.24) is 4.90 Å². The van der Waals surface area contributed by atoms with Gasteiger partial charge in [-0.25, -0.2) is 4.79 Å². The Morgan fingerprint density at radius 2 is 1.84 bits per heavy atom. The number of hydrogen-bond acceptors (Lipinski definition) is 3. The number of rotatable bonds is 2. The van der Waals surface area contributed by atoms with Gasteiger partial charge in [-0.1, -0.05) is 12.1 Å². The van der Waals surface area contributed by atoms with Crippen molar-refractivity contribution >= 4 is 6.09 Å². The summed E-state index contributed by atoms with van der Waals surface area (Å²) in [6.45, 7) is 5.62. The smallest absolute Gasteiger partial charge is 0.416 e. The van der Waals surface area contributed by atoms with E-state index in [1.54, 1.807) is 31.7 Å².